The molecule has 0 fully saturated rings. The van der Waals surface area contributed by atoms with E-state index in [2.05, 4.69) is 38.1 Å². The van der Waals surface area contributed by atoms with Crippen LogP contribution in [0.15, 0.2) is 66.7 Å². The molecule has 1 N–H and O–H groups in total. The maximum atomic E-state index is 10.9. The van der Waals surface area contributed by atoms with Crippen LogP contribution < -0.4 is 0 Å². The Bertz CT molecular complexity index is 860. The van der Waals surface area contributed by atoms with Crippen LogP contribution >= 0.6 is 0 Å². The second kappa shape index (κ2) is 4.48. The summed E-state index contributed by atoms with van der Waals surface area (Å²) in [6, 6.07) is 22.6. The highest BCUT2D eigenvalue weighted by atomic mass is 16.3. The van der Waals surface area contributed by atoms with E-state index in [1.54, 1.807) is 0 Å². The van der Waals surface area contributed by atoms with Crippen molar-refractivity contribution in [2.45, 2.75) is 19.3 Å². The van der Waals surface area contributed by atoms with Gasteiger partial charge in [0.15, 0.2) is 0 Å². The van der Waals surface area contributed by atoms with Gasteiger partial charge in [-0.2, -0.15) is 0 Å². The predicted octanol–water partition coefficient (Wildman–Crippen LogP) is 5.37. The molecule has 0 bridgehead atoms. The molecule has 0 aromatic heterocycles. The lowest BCUT2D eigenvalue weighted by Gasteiger charge is -2.21. The summed E-state index contributed by atoms with van der Waals surface area (Å²) in [4.78, 5) is 0. The van der Waals surface area contributed by atoms with Gasteiger partial charge in [-0.25, -0.2) is 0 Å². The van der Waals surface area contributed by atoms with Crippen LogP contribution in [0.2, 0.25) is 0 Å². The highest BCUT2D eigenvalue weighted by molar-refractivity contribution is 5.90. The highest BCUT2D eigenvalue weighted by Gasteiger charge is 2.37. The number of phenolic OH excluding ortho intramolecular Hbond substituents is 1. The Labute approximate surface area is 130 Å². The number of hydrogen-bond acceptors (Lipinski definition) is 1. The van der Waals surface area contributed by atoms with E-state index in [1.165, 1.54) is 11.1 Å². The van der Waals surface area contributed by atoms with Gasteiger partial charge in [0.05, 0.1) is 0 Å². The summed E-state index contributed by atoms with van der Waals surface area (Å²) in [6.45, 7) is 4.44. The third kappa shape index (κ3) is 1.66. The summed E-state index contributed by atoms with van der Waals surface area (Å²) < 4.78 is 0. The number of hydrogen-bond donors (Lipinski definition) is 1. The SMILES string of the molecule is CC1(C)c2ccccc2-c2c1ccc(-c1ccccc1)c2O. The molecule has 0 atom stereocenters. The Kier molecular flexibility index (Phi) is 2.67. The number of phenols is 1. The molecule has 0 amide bonds. The largest absolute Gasteiger partial charge is 0.507 e. The first-order chi connectivity index (χ1) is 10.6. The van der Waals surface area contributed by atoms with Crippen molar-refractivity contribution in [2.24, 2.45) is 0 Å². The van der Waals surface area contributed by atoms with Crippen molar-refractivity contribution in [1.82, 2.24) is 0 Å². The summed E-state index contributed by atoms with van der Waals surface area (Å²) >= 11 is 0. The Balaban J connectivity index is 2.03. The molecule has 22 heavy (non-hydrogen) atoms. The molecule has 1 aliphatic rings. The molecule has 3 aromatic carbocycles. The fourth-order valence-electron chi connectivity index (χ4n) is 3.63. The Morgan fingerprint density at radius 3 is 2.14 bits per heavy atom. The first-order valence-corrected chi connectivity index (χ1v) is 7.62. The van der Waals surface area contributed by atoms with Gasteiger partial charge in [0.2, 0.25) is 0 Å². The molecular formula is C21H18O. The zero-order valence-electron chi connectivity index (χ0n) is 12.8. The molecule has 0 saturated carbocycles. The van der Waals surface area contributed by atoms with Gasteiger partial charge in [0.1, 0.15) is 5.75 Å². The van der Waals surface area contributed by atoms with Gasteiger partial charge >= 0.3 is 0 Å². The van der Waals surface area contributed by atoms with Crippen molar-refractivity contribution in [3.05, 3.63) is 77.9 Å². The van der Waals surface area contributed by atoms with Gasteiger partial charge in [-0.3, -0.25) is 0 Å². The second-order valence-electron chi connectivity index (χ2n) is 6.42. The summed E-state index contributed by atoms with van der Waals surface area (Å²) in [5, 5.41) is 10.9. The summed E-state index contributed by atoms with van der Waals surface area (Å²) in [7, 11) is 0. The topological polar surface area (TPSA) is 20.2 Å². The molecule has 0 spiro atoms. The van der Waals surface area contributed by atoms with Crippen LogP contribution in [0.4, 0.5) is 0 Å². The fourth-order valence-corrected chi connectivity index (χ4v) is 3.63. The molecule has 108 valence electrons. The van der Waals surface area contributed by atoms with Crippen LogP contribution in [0.1, 0.15) is 25.0 Å². The molecule has 1 nitrogen and oxygen atoms in total. The van der Waals surface area contributed by atoms with Crippen LogP contribution in [0.25, 0.3) is 22.3 Å². The standard InChI is InChI=1S/C21H18O/c1-21(2)17-11-7-6-10-16(17)19-18(21)13-12-15(20(19)22)14-8-4-3-5-9-14/h3-13,22H,1-2H3. The number of aromatic hydroxyl groups is 1. The summed E-state index contributed by atoms with van der Waals surface area (Å²) in [6.07, 6.45) is 0. The summed E-state index contributed by atoms with van der Waals surface area (Å²) in [5.41, 5.74) is 6.49. The second-order valence-corrected chi connectivity index (χ2v) is 6.42. The molecule has 0 heterocycles. The van der Waals surface area contributed by atoms with Crippen LogP contribution in [-0.2, 0) is 5.41 Å². The molecule has 0 saturated heterocycles. The number of fused-ring (bicyclic) bond motifs is 3. The Morgan fingerprint density at radius 2 is 1.36 bits per heavy atom. The predicted molar refractivity (Wildman–Crippen MR) is 91.1 cm³/mol. The maximum absolute atomic E-state index is 10.9. The third-order valence-corrected chi connectivity index (χ3v) is 4.81. The zero-order valence-corrected chi connectivity index (χ0v) is 12.8. The van der Waals surface area contributed by atoms with Gasteiger partial charge in [0.25, 0.3) is 0 Å². The van der Waals surface area contributed by atoms with E-state index in [9.17, 15) is 5.11 Å². The molecular weight excluding hydrogens is 268 g/mol. The quantitative estimate of drug-likeness (QED) is 0.638. The van der Waals surface area contributed by atoms with Crippen LogP contribution in [0.3, 0.4) is 0 Å². The molecule has 4 rings (SSSR count). The van der Waals surface area contributed by atoms with E-state index in [-0.39, 0.29) is 5.41 Å². The first-order valence-electron chi connectivity index (χ1n) is 7.62. The van der Waals surface area contributed by atoms with Gasteiger partial charge in [-0.1, -0.05) is 80.6 Å². The monoisotopic (exact) mass is 286 g/mol. The van der Waals surface area contributed by atoms with Gasteiger partial charge in [-0.05, 0) is 22.3 Å². The molecule has 0 unspecified atom stereocenters. The van der Waals surface area contributed by atoms with Crippen LogP contribution in [0, 0.1) is 0 Å². The van der Waals surface area contributed by atoms with E-state index in [0.717, 1.165) is 22.3 Å². The van der Waals surface area contributed by atoms with E-state index >= 15 is 0 Å². The lowest BCUT2D eigenvalue weighted by atomic mass is 9.82. The Hall–Kier alpha value is -2.54. The zero-order chi connectivity index (χ0) is 15.3. The van der Waals surface area contributed by atoms with Gasteiger partial charge in [-0.15, -0.1) is 0 Å². The van der Waals surface area contributed by atoms with Crippen molar-refractivity contribution in [2.75, 3.05) is 0 Å². The lowest BCUT2D eigenvalue weighted by Crippen LogP contribution is -2.14. The average molecular weight is 286 g/mol. The van der Waals surface area contributed by atoms with Gasteiger partial charge in [0, 0.05) is 16.5 Å². The smallest absolute Gasteiger partial charge is 0.131 e. The summed E-state index contributed by atoms with van der Waals surface area (Å²) in [5.74, 6) is 0.390. The molecule has 3 aromatic rings. The molecule has 0 radical (unpaired) electrons. The van der Waals surface area contributed by atoms with Crippen molar-refractivity contribution in [1.29, 1.82) is 0 Å². The first kappa shape index (κ1) is 13.1. The van der Waals surface area contributed by atoms with E-state index in [0.29, 0.717) is 5.75 Å². The van der Waals surface area contributed by atoms with E-state index in [1.807, 2.05) is 42.5 Å². The van der Waals surface area contributed by atoms with E-state index in [4.69, 9.17) is 0 Å². The molecule has 1 aliphatic carbocycles. The minimum absolute atomic E-state index is 0.0708. The minimum Gasteiger partial charge on any atom is -0.507 e. The van der Waals surface area contributed by atoms with Crippen molar-refractivity contribution >= 4 is 0 Å². The van der Waals surface area contributed by atoms with Crippen LogP contribution in [-0.4, -0.2) is 5.11 Å². The molecule has 1 heteroatoms. The average Bonchev–Trinajstić information content (AvgIpc) is 2.78. The third-order valence-electron chi connectivity index (χ3n) is 4.81. The fraction of sp³-hybridized carbons (Fsp3) is 0.143. The van der Waals surface area contributed by atoms with Crippen LogP contribution in [0.5, 0.6) is 5.75 Å². The normalized spacial score (nSPS) is 14.5. The van der Waals surface area contributed by atoms with E-state index < -0.39 is 0 Å². The minimum atomic E-state index is -0.0708. The van der Waals surface area contributed by atoms with Gasteiger partial charge < -0.3 is 5.11 Å². The van der Waals surface area contributed by atoms with Crippen molar-refractivity contribution in [3.8, 4) is 28.0 Å². The molecule has 0 aliphatic heterocycles. The van der Waals surface area contributed by atoms with Crippen molar-refractivity contribution in [3.63, 3.8) is 0 Å². The number of rotatable bonds is 1. The maximum Gasteiger partial charge on any atom is 0.131 e. The highest BCUT2D eigenvalue weighted by Crippen LogP contribution is 2.53. The number of benzene rings is 3. The Morgan fingerprint density at radius 1 is 0.682 bits per heavy atom. The van der Waals surface area contributed by atoms with Crippen molar-refractivity contribution < 1.29 is 5.11 Å². The lowest BCUT2D eigenvalue weighted by molar-refractivity contribution is 0.478.